The molecule has 0 saturated heterocycles. The number of hydrazine groups is 1. The van der Waals surface area contributed by atoms with Crippen LogP contribution in [-0.4, -0.2) is 42.8 Å². The number of pyridine rings is 1. The van der Waals surface area contributed by atoms with Crippen LogP contribution in [0.15, 0.2) is 48.8 Å². The predicted octanol–water partition coefficient (Wildman–Crippen LogP) is 2.35. The number of amides is 3. The summed E-state index contributed by atoms with van der Waals surface area (Å²) in [5, 5.41) is 24.8. The molecule has 4 N–H and O–H groups in total. The van der Waals surface area contributed by atoms with Gasteiger partial charge < -0.3 is 5.11 Å². The molecule has 2 heterocycles. The van der Waals surface area contributed by atoms with Crippen LogP contribution < -0.4 is 16.3 Å². The lowest BCUT2D eigenvalue weighted by Gasteiger charge is -2.11. The standard InChI is InChI=1S/C21H21N7O6/c1-12(2)10-16-17(14-4-3-5-15(11-14)28(33)34)18(27(25-16)26-21(31)32)20(30)24-23-19(29)13-6-8-22-9-7-13/h3-9,11-12,26H,10H2,1-2H3,(H,23,29)(H,24,30)(H,31,32). The second-order valence-electron chi connectivity index (χ2n) is 7.55. The molecule has 0 aliphatic rings. The summed E-state index contributed by atoms with van der Waals surface area (Å²) in [7, 11) is 0. The summed E-state index contributed by atoms with van der Waals surface area (Å²) >= 11 is 0. The molecular formula is C21H21N7O6. The number of carbonyl (C=O) groups excluding carboxylic acids is 2. The van der Waals surface area contributed by atoms with Gasteiger partial charge in [-0.2, -0.15) is 9.89 Å². The van der Waals surface area contributed by atoms with Gasteiger partial charge in [-0.05, 0) is 30.0 Å². The Hall–Kier alpha value is -4.81. The lowest BCUT2D eigenvalue weighted by molar-refractivity contribution is -0.384. The van der Waals surface area contributed by atoms with Gasteiger partial charge in [-0.15, -0.1) is 0 Å². The normalized spacial score (nSPS) is 10.6. The van der Waals surface area contributed by atoms with Gasteiger partial charge >= 0.3 is 6.09 Å². The molecule has 0 fully saturated rings. The molecule has 0 saturated carbocycles. The van der Waals surface area contributed by atoms with E-state index in [4.69, 9.17) is 0 Å². The van der Waals surface area contributed by atoms with Gasteiger partial charge in [0.25, 0.3) is 17.5 Å². The smallest absolute Gasteiger partial charge is 0.425 e. The Morgan fingerprint density at radius 1 is 1.12 bits per heavy atom. The highest BCUT2D eigenvalue weighted by Crippen LogP contribution is 2.31. The summed E-state index contributed by atoms with van der Waals surface area (Å²) in [6, 6.07) is 8.42. The third-order valence-electron chi connectivity index (χ3n) is 4.55. The molecule has 0 spiro atoms. The van der Waals surface area contributed by atoms with Crippen molar-refractivity contribution < 1.29 is 24.4 Å². The summed E-state index contributed by atoms with van der Waals surface area (Å²) in [5.74, 6) is -1.46. The molecule has 2 aromatic heterocycles. The number of non-ortho nitro benzene ring substituents is 1. The summed E-state index contributed by atoms with van der Waals surface area (Å²) in [6.45, 7) is 3.80. The minimum absolute atomic E-state index is 0.0629. The van der Waals surface area contributed by atoms with E-state index < -0.39 is 22.8 Å². The summed E-state index contributed by atoms with van der Waals surface area (Å²) < 4.78 is 0. The number of benzene rings is 1. The first-order valence-corrected chi connectivity index (χ1v) is 10.0. The number of hydrogen-bond acceptors (Lipinski definition) is 7. The fourth-order valence-electron chi connectivity index (χ4n) is 3.20. The van der Waals surface area contributed by atoms with Crippen molar-refractivity contribution >= 4 is 23.6 Å². The van der Waals surface area contributed by atoms with Gasteiger partial charge in [-0.3, -0.25) is 35.5 Å². The number of aromatic nitrogens is 3. The van der Waals surface area contributed by atoms with Crippen LogP contribution >= 0.6 is 0 Å². The van der Waals surface area contributed by atoms with E-state index in [1.807, 2.05) is 19.3 Å². The number of nitrogens with zero attached hydrogens (tertiary/aromatic N) is 4. The van der Waals surface area contributed by atoms with Gasteiger partial charge in [0.2, 0.25) is 0 Å². The molecule has 0 aliphatic carbocycles. The van der Waals surface area contributed by atoms with Crippen LogP contribution in [0.3, 0.4) is 0 Å². The Morgan fingerprint density at radius 3 is 2.41 bits per heavy atom. The van der Waals surface area contributed by atoms with Gasteiger partial charge in [0.1, 0.15) is 0 Å². The molecule has 0 aliphatic heterocycles. The van der Waals surface area contributed by atoms with Crippen molar-refractivity contribution in [3.05, 3.63) is 75.9 Å². The molecule has 0 radical (unpaired) electrons. The number of nitro groups is 1. The molecule has 3 aromatic rings. The molecule has 34 heavy (non-hydrogen) atoms. The third-order valence-corrected chi connectivity index (χ3v) is 4.55. The Labute approximate surface area is 192 Å². The van der Waals surface area contributed by atoms with Crippen molar-refractivity contribution in [3.63, 3.8) is 0 Å². The highest BCUT2D eigenvalue weighted by atomic mass is 16.6. The Balaban J connectivity index is 2.07. The molecule has 13 heteroatoms. The second-order valence-corrected chi connectivity index (χ2v) is 7.55. The number of hydrogen-bond donors (Lipinski definition) is 4. The highest BCUT2D eigenvalue weighted by Gasteiger charge is 2.27. The van der Waals surface area contributed by atoms with Crippen molar-refractivity contribution in [2.45, 2.75) is 20.3 Å². The Kier molecular flexibility index (Phi) is 7.16. The number of carbonyl (C=O) groups is 3. The zero-order chi connectivity index (χ0) is 24.8. The quantitative estimate of drug-likeness (QED) is 0.302. The van der Waals surface area contributed by atoms with E-state index in [-0.39, 0.29) is 34.0 Å². The number of nitro benzene ring substituents is 1. The third kappa shape index (κ3) is 5.51. The lowest BCUT2D eigenvalue weighted by atomic mass is 9.97. The first-order valence-electron chi connectivity index (χ1n) is 10.0. The van der Waals surface area contributed by atoms with E-state index in [1.54, 1.807) is 6.07 Å². The minimum Gasteiger partial charge on any atom is -0.464 e. The van der Waals surface area contributed by atoms with Crippen molar-refractivity contribution in [3.8, 4) is 11.1 Å². The first kappa shape index (κ1) is 23.8. The SMILES string of the molecule is CC(C)Cc1nn(NC(=O)O)c(C(=O)NNC(=O)c2ccncc2)c1-c1cccc([N+](=O)[O-])c1. The van der Waals surface area contributed by atoms with E-state index in [1.165, 1.54) is 42.7 Å². The van der Waals surface area contributed by atoms with Crippen LogP contribution in [0.2, 0.25) is 0 Å². The molecule has 3 amide bonds. The molecule has 0 atom stereocenters. The fraction of sp³-hybridized carbons (Fsp3) is 0.190. The largest absolute Gasteiger partial charge is 0.464 e. The maximum absolute atomic E-state index is 13.1. The van der Waals surface area contributed by atoms with Gasteiger partial charge in [-0.1, -0.05) is 26.0 Å². The van der Waals surface area contributed by atoms with Crippen LogP contribution in [0, 0.1) is 16.0 Å². The predicted molar refractivity (Wildman–Crippen MR) is 119 cm³/mol. The summed E-state index contributed by atoms with van der Waals surface area (Å²) in [4.78, 5) is 52.1. The van der Waals surface area contributed by atoms with E-state index in [2.05, 4.69) is 20.9 Å². The van der Waals surface area contributed by atoms with Crippen molar-refractivity contribution in [1.29, 1.82) is 0 Å². The first-order chi connectivity index (χ1) is 16.2. The van der Waals surface area contributed by atoms with Crippen LogP contribution in [-0.2, 0) is 6.42 Å². The Bertz CT molecular complexity index is 1240. The molecule has 3 rings (SSSR count). The van der Waals surface area contributed by atoms with Crippen molar-refractivity contribution in [2.24, 2.45) is 5.92 Å². The number of carboxylic acid groups (broad SMARTS) is 1. The molecule has 176 valence electrons. The van der Waals surface area contributed by atoms with Gasteiger partial charge in [0, 0.05) is 35.7 Å². The lowest BCUT2D eigenvalue weighted by Crippen LogP contribution is -2.43. The summed E-state index contributed by atoms with van der Waals surface area (Å²) in [6.07, 6.45) is 1.66. The van der Waals surface area contributed by atoms with Crippen LogP contribution in [0.25, 0.3) is 11.1 Å². The summed E-state index contributed by atoms with van der Waals surface area (Å²) in [5.41, 5.74) is 7.08. The van der Waals surface area contributed by atoms with Crippen LogP contribution in [0.1, 0.15) is 40.4 Å². The van der Waals surface area contributed by atoms with E-state index in [9.17, 15) is 29.6 Å². The van der Waals surface area contributed by atoms with Crippen LogP contribution in [0.4, 0.5) is 10.5 Å². The Morgan fingerprint density at radius 2 is 1.79 bits per heavy atom. The monoisotopic (exact) mass is 467 g/mol. The van der Waals surface area contributed by atoms with E-state index >= 15 is 0 Å². The number of nitrogens with one attached hydrogen (secondary N) is 3. The van der Waals surface area contributed by atoms with Crippen molar-refractivity contribution in [1.82, 2.24) is 25.7 Å². The van der Waals surface area contributed by atoms with Gasteiger partial charge in [0.05, 0.1) is 10.6 Å². The zero-order valence-electron chi connectivity index (χ0n) is 18.2. The highest BCUT2D eigenvalue weighted by molar-refractivity contribution is 6.02. The van der Waals surface area contributed by atoms with E-state index in [0.29, 0.717) is 12.1 Å². The second kappa shape index (κ2) is 10.2. The molecular weight excluding hydrogens is 446 g/mol. The van der Waals surface area contributed by atoms with E-state index in [0.717, 1.165) is 4.79 Å². The molecule has 1 aromatic carbocycles. The van der Waals surface area contributed by atoms with Crippen LogP contribution in [0.5, 0.6) is 0 Å². The molecule has 13 nitrogen and oxygen atoms in total. The number of rotatable bonds is 7. The fourth-order valence-corrected chi connectivity index (χ4v) is 3.20. The zero-order valence-corrected chi connectivity index (χ0v) is 18.2. The minimum atomic E-state index is -1.49. The van der Waals surface area contributed by atoms with Gasteiger partial charge in [0.15, 0.2) is 5.69 Å². The average Bonchev–Trinajstić information content (AvgIpc) is 3.14. The average molecular weight is 467 g/mol. The van der Waals surface area contributed by atoms with Gasteiger partial charge in [-0.25, -0.2) is 10.2 Å². The topological polar surface area (TPSA) is 181 Å². The maximum atomic E-state index is 13.1. The molecule has 0 unspecified atom stereocenters. The molecule has 0 bridgehead atoms. The van der Waals surface area contributed by atoms with Crippen molar-refractivity contribution in [2.75, 3.05) is 5.43 Å². The maximum Gasteiger partial charge on any atom is 0.425 e.